The van der Waals surface area contributed by atoms with Crippen molar-refractivity contribution in [2.45, 2.75) is 45.3 Å². The second kappa shape index (κ2) is 7.69. The number of rotatable bonds is 3. The van der Waals surface area contributed by atoms with Crippen LogP contribution in [0.4, 0.5) is 10.5 Å². The zero-order valence-corrected chi connectivity index (χ0v) is 16.6. The lowest BCUT2D eigenvalue weighted by Gasteiger charge is -2.34. The van der Waals surface area contributed by atoms with Gasteiger partial charge in [-0.2, -0.15) is 0 Å². The van der Waals surface area contributed by atoms with E-state index in [0.29, 0.717) is 23.3 Å². The van der Waals surface area contributed by atoms with Crippen molar-refractivity contribution in [1.29, 1.82) is 0 Å². The standard InChI is InChI=1S/C15H20BrN3O5S/c1-15(2,3)24-14(21)18-6-4-5-9(8-18)17-13(20)12-10(19(22)23)7-11(16)25-12/h7,9H,4-6,8H2,1-3H3,(H,17,20)/t9-/m0/s1. The second-order valence-corrected chi connectivity index (χ2v) is 9.19. The summed E-state index contributed by atoms with van der Waals surface area (Å²) in [5, 5.41) is 13.8. The van der Waals surface area contributed by atoms with E-state index < -0.39 is 22.5 Å². The number of halogens is 1. The maximum absolute atomic E-state index is 12.4. The van der Waals surface area contributed by atoms with Crippen LogP contribution in [0, 0.1) is 10.1 Å². The third kappa shape index (κ3) is 5.40. The van der Waals surface area contributed by atoms with Gasteiger partial charge in [0.25, 0.3) is 11.6 Å². The lowest BCUT2D eigenvalue weighted by Crippen LogP contribution is -2.50. The minimum atomic E-state index is -0.586. The number of hydrogen-bond acceptors (Lipinski definition) is 6. The Hall–Kier alpha value is -1.68. The van der Waals surface area contributed by atoms with E-state index in [4.69, 9.17) is 4.74 Å². The molecule has 138 valence electrons. The van der Waals surface area contributed by atoms with E-state index in [9.17, 15) is 19.7 Å². The number of likely N-dealkylation sites (tertiary alicyclic amines) is 1. The summed E-state index contributed by atoms with van der Waals surface area (Å²) in [6, 6.07) is 1.04. The van der Waals surface area contributed by atoms with Crippen LogP contribution < -0.4 is 5.32 Å². The summed E-state index contributed by atoms with van der Waals surface area (Å²) in [5.41, 5.74) is -0.814. The Labute approximate surface area is 157 Å². The number of ether oxygens (including phenoxy) is 1. The van der Waals surface area contributed by atoms with E-state index in [1.54, 1.807) is 25.7 Å². The van der Waals surface area contributed by atoms with Crippen molar-refractivity contribution in [2.75, 3.05) is 13.1 Å². The predicted octanol–water partition coefficient (Wildman–Crippen LogP) is 3.55. The van der Waals surface area contributed by atoms with Crippen LogP contribution >= 0.6 is 27.3 Å². The number of hydrogen-bond donors (Lipinski definition) is 1. The van der Waals surface area contributed by atoms with Gasteiger partial charge in [0.2, 0.25) is 0 Å². The molecule has 2 heterocycles. The first-order valence-corrected chi connectivity index (χ1v) is 9.40. The molecule has 1 aliphatic heterocycles. The summed E-state index contributed by atoms with van der Waals surface area (Å²) in [6.07, 6.45) is 1.00. The van der Waals surface area contributed by atoms with Gasteiger partial charge in [-0.1, -0.05) is 0 Å². The highest BCUT2D eigenvalue weighted by Crippen LogP contribution is 2.32. The minimum absolute atomic E-state index is 0.0475. The van der Waals surface area contributed by atoms with Crippen LogP contribution in [0.2, 0.25) is 0 Å². The molecule has 1 N–H and O–H groups in total. The van der Waals surface area contributed by atoms with Crippen molar-refractivity contribution in [3.8, 4) is 0 Å². The van der Waals surface area contributed by atoms with Crippen molar-refractivity contribution in [2.24, 2.45) is 0 Å². The van der Waals surface area contributed by atoms with E-state index in [0.717, 1.165) is 17.8 Å². The molecular formula is C15H20BrN3O5S. The largest absolute Gasteiger partial charge is 0.444 e. The van der Waals surface area contributed by atoms with Gasteiger partial charge in [-0.25, -0.2) is 4.79 Å². The highest BCUT2D eigenvalue weighted by Gasteiger charge is 2.30. The maximum atomic E-state index is 12.4. The summed E-state index contributed by atoms with van der Waals surface area (Å²) < 4.78 is 5.87. The molecule has 0 spiro atoms. The monoisotopic (exact) mass is 433 g/mol. The molecule has 25 heavy (non-hydrogen) atoms. The zero-order valence-electron chi connectivity index (χ0n) is 14.2. The first kappa shape index (κ1) is 19.6. The molecule has 0 aliphatic carbocycles. The third-order valence-corrected chi connectivity index (χ3v) is 5.12. The van der Waals surface area contributed by atoms with Crippen LogP contribution in [0.3, 0.4) is 0 Å². The molecule has 1 aromatic heterocycles. The van der Waals surface area contributed by atoms with Gasteiger partial charge in [-0.3, -0.25) is 14.9 Å². The Morgan fingerprint density at radius 2 is 2.16 bits per heavy atom. The van der Waals surface area contributed by atoms with Gasteiger partial charge in [-0.05, 0) is 49.5 Å². The molecule has 2 rings (SSSR count). The molecule has 0 radical (unpaired) electrons. The Bertz CT molecular complexity index is 685. The summed E-state index contributed by atoms with van der Waals surface area (Å²) in [6.45, 7) is 6.26. The predicted molar refractivity (Wildman–Crippen MR) is 97.0 cm³/mol. The van der Waals surface area contributed by atoms with Gasteiger partial charge >= 0.3 is 6.09 Å². The van der Waals surface area contributed by atoms with Crippen molar-refractivity contribution in [3.05, 3.63) is 24.8 Å². The minimum Gasteiger partial charge on any atom is -0.444 e. The van der Waals surface area contributed by atoms with Crippen molar-refractivity contribution < 1.29 is 19.2 Å². The van der Waals surface area contributed by atoms with E-state index in [-0.39, 0.29) is 16.6 Å². The van der Waals surface area contributed by atoms with Crippen LogP contribution in [0.5, 0.6) is 0 Å². The van der Waals surface area contributed by atoms with Crippen LogP contribution in [0.25, 0.3) is 0 Å². The van der Waals surface area contributed by atoms with E-state index in [1.165, 1.54) is 6.07 Å². The average Bonchev–Trinajstić information content (AvgIpc) is 2.88. The number of nitrogens with one attached hydrogen (secondary N) is 1. The molecule has 10 heteroatoms. The maximum Gasteiger partial charge on any atom is 0.410 e. The van der Waals surface area contributed by atoms with Crippen LogP contribution in [-0.4, -0.2) is 46.6 Å². The quantitative estimate of drug-likeness (QED) is 0.579. The van der Waals surface area contributed by atoms with Crippen LogP contribution in [0.1, 0.15) is 43.3 Å². The highest BCUT2D eigenvalue weighted by molar-refractivity contribution is 9.11. The Morgan fingerprint density at radius 1 is 1.48 bits per heavy atom. The fourth-order valence-corrected chi connectivity index (χ4v) is 3.95. The Kier molecular flexibility index (Phi) is 6.04. The summed E-state index contributed by atoms with van der Waals surface area (Å²) >= 11 is 4.18. The zero-order chi connectivity index (χ0) is 18.8. The van der Waals surface area contributed by atoms with Gasteiger partial charge in [-0.15, -0.1) is 11.3 Å². The summed E-state index contributed by atoms with van der Waals surface area (Å²) in [5.74, 6) is -0.501. The van der Waals surface area contributed by atoms with Gasteiger partial charge in [0.15, 0.2) is 4.88 Å². The molecule has 0 saturated carbocycles. The van der Waals surface area contributed by atoms with E-state index >= 15 is 0 Å². The smallest absolute Gasteiger partial charge is 0.410 e. The molecule has 1 aromatic rings. The van der Waals surface area contributed by atoms with E-state index in [1.807, 2.05) is 0 Å². The van der Waals surface area contributed by atoms with Crippen LogP contribution in [0.15, 0.2) is 9.85 Å². The Balaban J connectivity index is 2.02. The fourth-order valence-electron chi connectivity index (χ4n) is 2.49. The molecule has 8 nitrogen and oxygen atoms in total. The van der Waals surface area contributed by atoms with Crippen molar-refractivity contribution >= 4 is 45.0 Å². The number of thiophene rings is 1. The normalized spacial score (nSPS) is 17.9. The summed E-state index contributed by atoms with van der Waals surface area (Å²) in [7, 11) is 0. The Morgan fingerprint density at radius 3 is 2.76 bits per heavy atom. The lowest BCUT2D eigenvalue weighted by atomic mass is 10.1. The van der Waals surface area contributed by atoms with Gasteiger partial charge in [0.1, 0.15) is 5.60 Å². The summed E-state index contributed by atoms with van der Waals surface area (Å²) in [4.78, 5) is 36.6. The molecule has 0 unspecified atom stereocenters. The van der Waals surface area contributed by atoms with E-state index in [2.05, 4.69) is 21.2 Å². The average molecular weight is 434 g/mol. The highest BCUT2D eigenvalue weighted by atomic mass is 79.9. The number of amides is 2. The van der Waals surface area contributed by atoms with Gasteiger partial charge in [0.05, 0.1) is 8.71 Å². The third-order valence-electron chi connectivity index (χ3n) is 3.49. The number of carbonyl (C=O) groups is 2. The van der Waals surface area contributed by atoms with Crippen molar-refractivity contribution in [3.63, 3.8) is 0 Å². The number of nitrogens with zero attached hydrogens (tertiary/aromatic N) is 2. The molecule has 1 saturated heterocycles. The first-order chi connectivity index (χ1) is 11.6. The molecule has 1 atom stereocenters. The molecule has 0 aromatic carbocycles. The number of piperidine rings is 1. The molecule has 0 bridgehead atoms. The van der Waals surface area contributed by atoms with Gasteiger partial charge in [0, 0.05) is 25.2 Å². The van der Waals surface area contributed by atoms with Gasteiger partial charge < -0.3 is 15.0 Å². The SMILES string of the molecule is CC(C)(C)OC(=O)N1CCC[C@H](NC(=O)c2sc(Br)cc2[N+](=O)[O-])C1. The second-order valence-electron chi connectivity index (χ2n) is 6.76. The van der Waals surface area contributed by atoms with Crippen molar-refractivity contribution in [1.82, 2.24) is 10.2 Å². The molecule has 1 fully saturated rings. The number of nitro groups is 1. The molecule has 2 amide bonds. The van der Waals surface area contributed by atoms with Crippen LogP contribution in [-0.2, 0) is 4.74 Å². The molecular weight excluding hydrogens is 414 g/mol. The number of carbonyl (C=O) groups excluding carboxylic acids is 2. The molecule has 1 aliphatic rings. The topological polar surface area (TPSA) is 102 Å². The lowest BCUT2D eigenvalue weighted by molar-refractivity contribution is -0.384. The first-order valence-electron chi connectivity index (χ1n) is 7.79. The fraction of sp³-hybridized carbons (Fsp3) is 0.600.